The highest BCUT2D eigenvalue weighted by atomic mass is 16.4. The quantitative estimate of drug-likeness (QED) is 0.881. The number of aryl methyl sites for hydroxylation is 2. The second-order valence-corrected chi connectivity index (χ2v) is 7.13. The molecule has 1 N–H and O–H groups in total. The smallest absolute Gasteiger partial charge is 0.240 e. The van der Waals surface area contributed by atoms with Crippen LogP contribution in [0.25, 0.3) is 0 Å². The van der Waals surface area contributed by atoms with E-state index in [0.29, 0.717) is 17.9 Å². The molecule has 1 aromatic carbocycles. The normalized spacial score (nSPS) is 15.5. The molecule has 1 fully saturated rings. The summed E-state index contributed by atoms with van der Waals surface area (Å²) in [6, 6.07) is 10.6. The Labute approximate surface area is 160 Å². The van der Waals surface area contributed by atoms with Gasteiger partial charge in [-0.25, -0.2) is 0 Å². The van der Waals surface area contributed by atoms with Crippen molar-refractivity contribution in [2.45, 2.75) is 27.3 Å². The van der Waals surface area contributed by atoms with E-state index in [1.165, 1.54) is 11.1 Å². The molecule has 3 rings (SSSR count). The molecule has 142 valence electrons. The minimum Gasteiger partial charge on any atom is -0.444 e. The lowest BCUT2D eigenvalue weighted by Crippen LogP contribution is -2.48. The molecule has 1 aliphatic rings. The van der Waals surface area contributed by atoms with Crippen LogP contribution in [-0.4, -0.2) is 48.4 Å². The van der Waals surface area contributed by atoms with Crippen molar-refractivity contribution in [1.29, 1.82) is 5.26 Å². The molecule has 0 radical (unpaired) electrons. The van der Waals surface area contributed by atoms with Gasteiger partial charge < -0.3 is 4.42 Å². The molecule has 0 bridgehead atoms. The fraction of sp³-hybridized carbons (Fsp3) is 0.429. The fourth-order valence-electron chi connectivity index (χ4n) is 3.35. The van der Waals surface area contributed by atoms with E-state index < -0.39 is 0 Å². The monoisotopic (exact) mass is 366 g/mol. The summed E-state index contributed by atoms with van der Waals surface area (Å²) < 4.78 is 5.51. The highest BCUT2D eigenvalue weighted by Gasteiger charge is 2.21. The Morgan fingerprint density at radius 1 is 1.15 bits per heavy atom. The van der Waals surface area contributed by atoms with Crippen molar-refractivity contribution >= 4 is 11.8 Å². The molecule has 27 heavy (non-hydrogen) atoms. The average molecular weight is 366 g/mol. The number of carbonyl (C=O) groups excluding carboxylic acids is 1. The van der Waals surface area contributed by atoms with Gasteiger partial charge in [0, 0.05) is 38.3 Å². The van der Waals surface area contributed by atoms with Gasteiger partial charge in [-0.05, 0) is 31.9 Å². The van der Waals surface area contributed by atoms with Crippen molar-refractivity contribution in [3.8, 4) is 6.07 Å². The third kappa shape index (κ3) is 4.57. The molecule has 1 amide bonds. The first-order valence-electron chi connectivity index (χ1n) is 9.27. The largest absolute Gasteiger partial charge is 0.444 e. The van der Waals surface area contributed by atoms with Crippen molar-refractivity contribution < 1.29 is 9.21 Å². The Hall–Kier alpha value is -2.62. The van der Waals surface area contributed by atoms with Crippen molar-refractivity contribution in [3.05, 3.63) is 52.3 Å². The highest BCUT2D eigenvalue weighted by molar-refractivity contribution is 5.92. The molecule has 0 atom stereocenters. The number of piperazine rings is 1. The number of nitriles is 1. The number of nitrogens with one attached hydrogen (secondary N) is 1. The Bertz CT molecular complexity index is 858. The van der Waals surface area contributed by atoms with Crippen LogP contribution in [0.15, 0.2) is 28.7 Å². The van der Waals surface area contributed by atoms with Crippen LogP contribution in [-0.2, 0) is 11.3 Å². The molecule has 1 aromatic heterocycles. The lowest BCUT2D eigenvalue weighted by atomic mass is 10.1. The Balaban J connectivity index is 1.49. The summed E-state index contributed by atoms with van der Waals surface area (Å²) in [5, 5.41) is 12.0. The lowest BCUT2D eigenvalue weighted by Gasteiger charge is -2.34. The summed E-state index contributed by atoms with van der Waals surface area (Å²) in [6.07, 6.45) is 0. The van der Waals surface area contributed by atoms with Gasteiger partial charge in [-0.2, -0.15) is 5.26 Å². The molecule has 0 saturated carbocycles. The first-order valence-corrected chi connectivity index (χ1v) is 9.27. The maximum absolute atomic E-state index is 12.4. The zero-order valence-electron chi connectivity index (χ0n) is 16.2. The second kappa shape index (κ2) is 8.38. The van der Waals surface area contributed by atoms with Gasteiger partial charge >= 0.3 is 0 Å². The predicted octanol–water partition coefficient (Wildman–Crippen LogP) is 2.83. The van der Waals surface area contributed by atoms with Crippen molar-refractivity contribution in [2.75, 3.05) is 38.0 Å². The molecule has 6 nitrogen and oxygen atoms in total. The van der Waals surface area contributed by atoms with Crippen LogP contribution < -0.4 is 5.32 Å². The molecule has 1 aliphatic heterocycles. The molecule has 0 unspecified atom stereocenters. The molecular weight excluding hydrogens is 340 g/mol. The standard InChI is InChI=1S/C21H26N4O2/c1-15-6-4-5-7-18(15)13-24-8-10-25(11-9-24)14-20(26)23-21-19(12-22)16(2)17(3)27-21/h4-7H,8-11,13-14H2,1-3H3,(H,23,26). The van der Waals surface area contributed by atoms with Gasteiger partial charge in [0.2, 0.25) is 11.8 Å². The average Bonchev–Trinajstić information content (AvgIpc) is 2.91. The Kier molecular flexibility index (Phi) is 5.94. The molecule has 0 aliphatic carbocycles. The van der Waals surface area contributed by atoms with Crippen LogP contribution in [0.4, 0.5) is 5.88 Å². The summed E-state index contributed by atoms with van der Waals surface area (Å²) in [4.78, 5) is 16.9. The number of hydrogen-bond donors (Lipinski definition) is 1. The van der Waals surface area contributed by atoms with Crippen LogP contribution in [0.3, 0.4) is 0 Å². The van der Waals surface area contributed by atoms with Crippen LogP contribution in [0.2, 0.25) is 0 Å². The van der Waals surface area contributed by atoms with Gasteiger partial charge in [-0.3, -0.25) is 19.9 Å². The van der Waals surface area contributed by atoms with Crippen molar-refractivity contribution in [3.63, 3.8) is 0 Å². The van der Waals surface area contributed by atoms with Gasteiger partial charge in [0.15, 0.2) is 0 Å². The van der Waals surface area contributed by atoms with E-state index in [1.807, 2.05) is 6.92 Å². The first-order chi connectivity index (χ1) is 13.0. The topological polar surface area (TPSA) is 72.5 Å². The molecule has 2 heterocycles. The summed E-state index contributed by atoms with van der Waals surface area (Å²) in [7, 11) is 0. The van der Waals surface area contributed by atoms with E-state index in [1.54, 1.807) is 6.92 Å². The van der Waals surface area contributed by atoms with Crippen LogP contribution in [0.1, 0.15) is 28.0 Å². The van der Waals surface area contributed by atoms with Crippen molar-refractivity contribution in [1.82, 2.24) is 9.80 Å². The van der Waals surface area contributed by atoms with E-state index in [2.05, 4.69) is 52.4 Å². The van der Waals surface area contributed by atoms with Gasteiger partial charge in [0.1, 0.15) is 17.4 Å². The lowest BCUT2D eigenvalue weighted by molar-refractivity contribution is -0.117. The fourth-order valence-corrected chi connectivity index (χ4v) is 3.35. The number of anilines is 1. The summed E-state index contributed by atoms with van der Waals surface area (Å²) in [5.74, 6) is 0.773. The van der Waals surface area contributed by atoms with Crippen LogP contribution in [0.5, 0.6) is 0 Å². The number of amides is 1. The number of hydrogen-bond acceptors (Lipinski definition) is 5. The summed E-state index contributed by atoms with van der Waals surface area (Å²) in [5.41, 5.74) is 3.86. The SMILES string of the molecule is Cc1ccccc1CN1CCN(CC(=O)Nc2oc(C)c(C)c2C#N)CC1. The third-order valence-corrected chi connectivity index (χ3v) is 5.24. The predicted molar refractivity (Wildman–Crippen MR) is 104 cm³/mol. The van der Waals surface area contributed by atoms with E-state index in [-0.39, 0.29) is 11.8 Å². The van der Waals surface area contributed by atoms with E-state index in [0.717, 1.165) is 38.3 Å². The maximum atomic E-state index is 12.4. The Morgan fingerprint density at radius 3 is 2.48 bits per heavy atom. The van der Waals surface area contributed by atoms with Gasteiger partial charge in [0.25, 0.3) is 0 Å². The number of rotatable bonds is 5. The molecule has 2 aromatic rings. The summed E-state index contributed by atoms with van der Waals surface area (Å²) >= 11 is 0. The van der Waals surface area contributed by atoms with Crippen LogP contribution in [0, 0.1) is 32.1 Å². The van der Waals surface area contributed by atoms with Crippen LogP contribution >= 0.6 is 0 Å². The molecule has 6 heteroatoms. The molecule has 0 spiro atoms. The van der Waals surface area contributed by atoms with Gasteiger partial charge in [0.05, 0.1) is 6.54 Å². The zero-order chi connectivity index (χ0) is 19.4. The van der Waals surface area contributed by atoms with E-state index in [9.17, 15) is 10.1 Å². The third-order valence-electron chi connectivity index (χ3n) is 5.24. The first kappa shape index (κ1) is 19.2. The van der Waals surface area contributed by atoms with E-state index in [4.69, 9.17) is 4.42 Å². The maximum Gasteiger partial charge on any atom is 0.240 e. The van der Waals surface area contributed by atoms with Crippen molar-refractivity contribution in [2.24, 2.45) is 0 Å². The van der Waals surface area contributed by atoms with E-state index >= 15 is 0 Å². The minimum atomic E-state index is -0.146. The Morgan fingerprint density at radius 2 is 1.81 bits per heavy atom. The highest BCUT2D eigenvalue weighted by Crippen LogP contribution is 2.25. The zero-order valence-corrected chi connectivity index (χ0v) is 16.2. The number of nitrogens with zero attached hydrogens (tertiary/aromatic N) is 3. The number of furan rings is 1. The number of benzene rings is 1. The summed E-state index contributed by atoms with van der Waals surface area (Å²) in [6.45, 7) is 10.6. The van der Waals surface area contributed by atoms with Gasteiger partial charge in [-0.15, -0.1) is 0 Å². The minimum absolute atomic E-state index is 0.146. The van der Waals surface area contributed by atoms with Gasteiger partial charge in [-0.1, -0.05) is 24.3 Å². The molecule has 1 saturated heterocycles. The molecular formula is C21H26N4O2. The second-order valence-electron chi connectivity index (χ2n) is 7.13. The number of carbonyl (C=O) groups is 1.